The van der Waals surface area contributed by atoms with E-state index in [4.69, 9.17) is 21.1 Å². The van der Waals surface area contributed by atoms with E-state index in [2.05, 4.69) is 0 Å². The zero-order valence-corrected chi connectivity index (χ0v) is 12.1. The summed E-state index contributed by atoms with van der Waals surface area (Å²) in [6, 6.07) is 5.34. The minimum Gasteiger partial charge on any atom is -0.496 e. The predicted octanol–water partition coefficient (Wildman–Crippen LogP) is 3.42. The summed E-state index contributed by atoms with van der Waals surface area (Å²) in [6.07, 6.45) is 4.02. The van der Waals surface area contributed by atoms with E-state index >= 15 is 0 Å². The van der Waals surface area contributed by atoms with Crippen molar-refractivity contribution in [1.82, 2.24) is 0 Å². The summed E-state index contributed by atoms with van der Waals surface area (Å²) in [6.45, 7) is 0. The molecule has 0 unspecified atom stereocenters. The molecule has 1 saturated carbocycles. The third-order valence-electron chi connectivity index (χ3n) is 3.90. The monoisotopic (exact) mass is 282 g/mol. The number of rotatable bonds is 5. The zero-order valence-electron chi connectivity index (χ0n) is 11.4. The van der Waals surface area contributed by atoms with Crippen LogP contribution in [0.4, 0.5) is 0 Å². The highest BCUT2D eigenvalue weighted by Crippen LogP contribution is 2.35. The van der Waals surface area contributed by atoms with Gasteiger partial charge in [-0.15, -0.1) is 0 Å². The quantitative estimate of drug-likeness (QED) is 0.830. The molecule has 0 radical (unpaired) electrons. The van der Waals surface area contributed by atoms with Crippen LogP contribution in [0.15, 0.2) is 18.2 Å². The van der Waals surface area contributed by atoms with Crippen LogP contribution in [-0.2, 0) is 16.0 Å². The number of methoxy groups -OCH3 is 2. The maximum absolute atomic E-state index is 12.5. The number of carbonyl (C=O) groups is 1. The Kier molecular flexibility index (Phi) is 4.48. The Labute approximate surface area is 118 Å². The van der Waals surface area contributed by atoms with Crippen molar-refractivity contribution in [2.45, 2.75) is 37.7 Å². The van der Waals surface area contributed by atoms with Gasteiger partial charge in [0.2, 0.25) is 0 Å². The number of hydrogen-bond acceptors (Lipinski definition) is 3. The molecule has 1 aliphatic rings. The molecule has 0 amide bonds. The van der Waals surface area contributed by atoms with Crippen molar-refractivity contribution in [1.29, 1.82) is 0 Å². The van der Waals surface area contributed by atoms with Gasteiger partial charge in [-0.25, -0.2) is 0 Å². The molecule has 19 heavy (non-hydrogen) atoms. The summed E-state index contributed by atoms with van der Waals surface area (Å²) >= 11 is 5.99. The van der Waals surface area contributed by atoms with Crippen LogP contribution >= 0.6 is 11.6 Å². The van der Waals surface area contributed by atoms with E-state index in [1.54, 1.807) is 32.4 Å². The SMILES string of the molecule is COc1ccc(Cl)cc1CC(=O)C1(OC)CCCC1. The molecule has 0 aliphatic heterocycles. The Bertz CT molecular complexity index is 464. The van der Waals surface area contributed by atoms with Gasteiger partial charge < -0.3 is 9.47 Å². The van der Waals surface area contributed by atoms with Crippen LogP contribution in [0.25, 0.3) is 0 Å². The number of halogens is 1. The van der Waals surface area contributed by atoms with Crippen molar-refractivity contribution >= 4 is 17.4 Å². The molecule has 0 spiro atoms. The lowest BCUT2D eigenvalue weighted by molar-refractivity contribution is -0.139. The van der Waals surface area contributed by atoms with Crippen LogP contribution in [0.3, 0.4) is 0 Å². The van der Waals surface area contributed by atoms with E-state index in [9.17, 15) is 4.79 Å². The summed E-state index contributed by atoms with van der Waals surface area (Å²) in [4.78, 5) is 12.5. The van der Waals surface area contributed by atoms with Crippen molar-refractivity contribution in [2.24, 2.45) is 0 Å². The van der Waals surface area contributed by atoms with Gasteiger partial charge in [0, 0.05) is 24.1 Å². The lowest BCUT2D eigenvalue weighted by Crippen LogP contribution is -2.38. The van der Waals surface area contributed by atoms with Gasteiger partial charge in [-0.1, -0.05) is 11.6 Å². The minimum absolute atomic E-state index is 0.119. The van der Waals surface area contributed by atoms with Crippen LogP contribution in [0.1, 0.15) is 31.2 Å². The summed E-state index contributed by atoms with van der Waals surface area (Å²) in [5, 5.41) is 0.612. The Balaban J connectivity index is 2.20. The van der Waals surface area contributed by atoms with Gasteiger partial charge in [-0.05, 0) is 43.9 Å². The normalized spacial score (nSPS) is 17.4. The van der Waals surface area contributed by atoms with E-state index in [-0.39, 0.29) is 5.78 Å². The third-order valence-corrected chi connectivity index (χ3v) is 4.14. The molecule has 1 aliphatic carbocycles. The number of hydrogen-bond donors (Lipinski definition) is 0. The molecule has 0 atom stereocenters. The fraction of sp³-hybridized carbons (Fsp3) is 0.533. The Hall–Kier alpha value is -1.06. The van der Waals surface area contributed by atoms with Crippen molar-refractivity contribution < 1.29 is 14.3 Å². The standard InChI is InChI=1S/C15H19ClO3/c1-18-13-6-5-12(16)9-11(13)10-14(17)15(19-2)7-3-4-8-15/h5-6,9H,3-4,7-8,10H2,1-2H3. The van der Waals surface area contributed by atoms with E-state index in [0.717, 1.165) is 31.2 Å². The molecule has 104 valence electrons. The molecule has 0 saturated heterocycles. The van der Waals surface area contributed by atoms with Crippen LogP contribution in [0.2, 0.25) is 5.02 Å². The fourth-order valence-corrected chi connectivity index (χ4v) is 2.96. The lowest BCUT2D eigenvalue weighted by Gasteiger charge is -2.26. The molecule has 0 heterocycles. The van der Waals surface area contributed by atoms with Crippen LogP contribution in [0.5, 0.6) is 5.75 Å². The average molecular weight is 283 g/mol. The highest BCUT2D eigenvalue weighted by Gasteiger charge is 2.40. The molecular formula is C15H19ClO3. The highest BCUT2D eigenvalue weighted by molar-refractivity contribution is 6.30. The van der Waals surface area contributed by atoms with Gasteiger partial charge in [-0.3, -0.25) is 4.79 Å². The molecule has 1 aromatic carbocycles. The summed E-state index contributed by atoms with van der Waals surface area (Å²) < 4.78 is 10.8. The maximum atomic E-state index is 12.5. The number of Topliss-reactive ketones (excluding diaryl/α,β-unsaturated/α-hetero) is 1. The first kappa shape index (κ1) is 14.4. The largest absolute Gasteiger partial charge is 0.496 e. The first-order chi connectivity index (χ1) is 9.11. The van der Waals surface area contributed by atoms with Crippen molar-refractivity contribution in [3.05, 3.63) is 28.8 Å². The third kappa shape index (κ3) is 2.93. The Morgan fingerprint density at radius 1 is 1.32 bits per heavy atom. The lowest BCUT2D eigenvalue weighted by atomic mass is 9.91. The first-order valence-electron chi connectivity index (χ1n) is 6.52. The Morgan fingerprint density at radius 2 is 2.00 bits per heavy atom. The van der Waals surface area contributed by atoms with Gasteiger partial charge >= 0.3 is 0 Å². The summed E-state index contributed by atoms with van der Waals surface area (Å²) in [5.41, 5.74) is 0.219. The van der Waals surface area contributed by atoms with E-state index < -0.39 is 5.60 Å². The zero-order chi connectivity index (χ0) is 13.9. The van der Waals surface area contributed by atoms with Gasteiger partial charge in [0.25, 0.3) is 0 Å². The summed E-state index contributed by atoms with van der Waals surface area (Å²) in [5.74, 6) is 0.815. The van der Waals surface area contributed by atoms with E-state index in [1.807, 2.05) is 0 Å². The molecule has 0 bridgehead atoms. The predicted molar refractivity (Wildman–Crippen MR) is 74.9 cm³/mol. The summed E-state index contributed by atoms with van der Waals surface area (Å²) in [7, 11) is 3.22. The number of benzene rings is 1. The van der Waals surface area contributed by atoms with Gasteiger partial charge in [0.1, 0.15) is 11.4 Å². The van der Waals surface area contributed by atoms with E-state index in [0.29, 0.717) is 17.2 Å². The van der Waals surface area contributed by atoms with Crippen molar-refractivity contribution in [3.8, 4) is 5.75 Å². The van der Waals surface area contributed by atoms with Gasteiger partial charge in [0.15, 0.2) is 5.78 Å². The number of ether oxygens (including phenoxy) is 2. The van der Waals surface area contributed by atoms with Crippen molar-refractivity contribution in [3.63, 3.8) is 0 Å². The first-order valence-corrected chi connectivity index (χ1v) is 6.90. The van der Waals surface area contributed by atoms with Gasteiger partial charge in [-0.2, -0.15) is 0 Å². The van der Waals surface area contributed by atoms with Crippen LogP contribution in [0, 0.1) is 0 Å². The second-order valence-electron chi connectivity index (χ2n) is 4.96. The topological polar surface area (TPSA) is 35.5 Å². The molecular weight excluding hydrogens is 264 g/mol. The number of carbonyl (C=O) groups excluding carboxylic acids is 1. The number of ketones is 1. The minimum atomic E-state index is -0.604. The molecule has 2 rings (SSSR count). The molecule has 0 aromatic heterocycles. The van der Waals surface area contributed by atoms with E-state index in [1.165, 1.54) is 0 Å². The molecule has 4 heteroatoms. The fourth-order valence-electron chi connectivity index (χ4n) is 2.76. The second-order valence-corrected chi connectivity index (χ2v) is 5.40. The second kappa shape index (κ2) is 5.93. The van der Waals surface area contributed by atoms with Crippen LogP contribution < -0.4 is 4.74 Å². The molecule has 1 fully saturated rings. The van der Waals surface area contributed by atoms with Crippen LogP contribution in [-0.4, -0.2) is 25.6 Å². The highest BCUT2D eigenvalue weighted by atomic mass is 35.5. The smallest absolute Gasteiger partial charge is 0.169 e. The maximum Gasteiger partial charge on any atom is 0.169 e. The van der Waals surface area contributed by atoms with Crippen molar-refractivity contribution in [2.75, 3.05) is 14.2 Å². The van der Waals surface area contributed by atoms with Gasteiger partial charge in [0.05, 0.1) is 7.11 Å². The molecule has 0 N–H and O–H groups in total. The average Bonchev–Trinajstić information content (AvgIpc) is 2.89. The Morgan fingerprint density at radius 3 is 2.58 bits per heavy atom. The molecule has 3 nitrogen and oxygen atoms in total. The molecule has 1 aromatic rings.